The van der Waals surface area contributed by atoms with Gasteiger partial charge in [-0.1, -0.05) is 0 Å². The summed E-state index contributed by atoms with van der Waals surface area (Å²) >= 11 is 0. The molecule has 0 bridgehead atoms. The zero-order valence-corrected chi connectivity index (χ0v) is 8.03. The Balaban J connectivity index is 3.25. The molecule has 13 heavy (non-hydrogen) atoms. The Hall–Kier alpha value is -1.22. The summed E-state index contributed by atoms with van der Waals surface area (Å²) in [5, 5.41) is 18.8. The Morgan fingerprint density at radius 3 is 2.46 bits per heavy atom. The Labute approximate surface area is 77.6 Å². The van der Waals surface area contributed by atoms with Crippen molar-refractivity contribution in [2.45, 2.75) is 20.0 Å². The van der Waals surface area contributed by atoms with E-state index in [0.717, 1.165) is 5.56 Å². The van der Waals surface area contributed by atoms with Gasteiger partial charge in [0, 0.05) is 5.56 Å². The number of aliphatic hydroxyl groups excluding tert-OH is 1. The molecule has 1 aromatic rings. The van der Waals surface area contributed by atoms with E-state index < -0.39 is 6.10 Å². The summed E-state index contributed by atoms with van der Waals surface area (Å²) in [5.74, 6) is 0.780. The van der Waals surface area contributed by atoms with Gasteiger partial charge in [0.05, 0.1) is 13.2 Å². The summed E-state index contributed by atoms with van der Waals surface area (Å²) in [6.45, 7) is 3.41. The lowest BCUT2D eigenvalue weighted by Crippen LogP contribution is -1.97. The van der Waals surface area contributed by atoms with Crippen molar-refractivity contribution in [3.63, 3.8) is 0 Å². The van der Waals surface area contributed by atoms with Crippen LogP contribution < -0.4 is 4.74 Å². The zero-order valence-electron chi connectivity index (χ0n) is 8.03. The van der Waals surface area contributed by atoms with E-state index in [4.69, 9.17) is 4.74 Å². The van der Waals surface area contributed by atoms with Crippen LogP contribution >= 0.6 is 0 Å². The van der Waals surface area contributed by atoms with E-state index in [0.29, 0.717) is 11.3 Å². The van der Waals surface area contributed by atoms with Crippen LogP contribution in [0.25, 0.3) is 0 Å². The van der Waals surface area contributed by atoms with Crippen LogP contribution in [0.15, 0.2) is 12.1 Å². The second kappa shape index (κ2) is 3.66. The molecule has 0 saturated heterocycles. The van der Waals surface area contributed by atoms with Crippen LogP contribution in [-0.4, -0.2) is 17.3 Å². The zero-order chi connectivity index (χ0) is 10.0. The third-order valence-electron chi connectivity index (χ3n) is 2.00. The maximum Gasteiger partial charge on any atom is 0.125 e. The van der Waals surface area contributed by atoms with Crippen LogP contribution in [0.1, 0.15) is 24.2 Å². The number of aliphatic hydroxyl groups is 1. The highest BCUT2D eigenvalue weighted by molar-refractivity contribution is 5.45. The van der Waals surface area contributed by atoms with E-state index in [1.54, 1.807) is 19.9 Å². The number of benzene rings is 1. The predicted molar refractivity (Wildman–Crippen MR) is 50.0 cm³/mol. The molecule has 0 radical (unpaired) electrons. The minimum absolute atomic E-state index is 0.178. The lowest BCUT2D eigenvalue weighted by molar-refractivity contribution is 0.193. The van der Waals surface area contributed by atoms with Gasteiger partial charge in [-0.15, -0.1) is 0 Å². The maximum absolute atomic E-state index is 9.40. The highest BCUT2D eigenvalue weighted by Gasteiger charge is 2.11. The number of hydrogen-bond donors (Lipinski definition) is 2. The molecule has 3 nitrogen and oxygen atoms in total. The molecule has 0 heterocycles. The Bertz CT molecular complexity index is 305. The van der Waals surface area contributed by atoms with E-state index in [1.165, 1.54) is 13.2 Å². The number of methoxy groups -OCH3 is 1. The van der Waals surface area contributed by atoms with Gasteiger partial charge in [0.1, 0.15) is 11.5 Å². The third kappa shape index (κ3) is 1.92. The monoisotopic (exact) mass is 182 g/mol. The number of hydrogen-bond acceptors (Lipinski definition) is 3. The predicted octanol–water partition coefficient (Wildman–Crippen LogP) is 1.76. The molecule has 1 atom stereocenters. The van der Waals surface area contributed by atoms with Crippen molar-refractivity contribution >= 4 is 0 Å². The van der Waals surface area contributed by atoms with E-state index >= 15 is 0 Å². The van der Waals surface area contributed by atoms with Crippen LogP contribution in [0, 0.1) is 6.92 Å². The first-order valence-corrected chi connectivity index (χ1v) is 4.11. The smallest absolute Gasteiger partial charge is 0.125 e. The topological polar surface area (TPSA) is 49.7 Å². The molecular formula is C10H14O3. The fraction of sp³-hybridized carbons (Fsp3) is 0.400. The van der Waals surface area contributed by atoms with Gasteiger partial charge in [0.2, 0.25) is 0 Å². The number of ether oxygens (including phenoxy) is 1. The van der Waals surface area contributed by atoms with Crippen LogP contribution in [0.4, 0.5) is 0 Å². The average molecular weight is 182 g/mol. The maximum atomic E-state index is 9.40. The molecule has 1 rings (SSSR count). The molecule has 0 aliphatic carbocycles. The minimum Gasteiger partial charge on any atom is -0.508 e. The van der Waals surface area contributed by atoms with Crippen molar-refractivity contribution in [1.82, 2.24) is 0 Å². The van der Waals surface area contributed by atoms with E-state index in [2.05, 4.69) is 0 Å². The van der Waals surface area contributed by atoms with Gasteiger partial charge >= 0.3 is 0 Å². The first-order chi connectivity index (χ1) is 6.06. The summed E-state index contributed by atoms with van der Waals surface area (Å²) in [5.41, 5.74) is 1.34. The van der Waals surface area contributed by atoms with Crippen molar-refractivity contribution in [2.24, 2.45) is 0 Å². The quantitative estimate of drug-likeness (QED) is 0.732. The van der Waals surface area contributed by atoms with Gasteiger partial charge < -0.3 is 14.9 Å². The molecule has 0 fully saturated rings. The molecule has 0 aliphatic heterocycles. The summed E-state index contributed by atoms with van der Waals surface area (Å²) in [7, 11) is 1.54. The Morgan fingerprint density at radius 1 is 1.38 bits per heavy atom. The molecule has 1 unspecified atom stereocenters. The van der Waals surface area contributed by atoms with E-state index in [1.807, 2.05) is 0 Å². The highest BCUT2D eigenvalue weighted by atomic mass is 16.5. The van der Waals surface area contributed by atoms with E-state index in [9.17, 15) is 10.2 Å². The SMILES string of the molecule is COc1cc(C)c(O)cc1C(C)O. The van der Waals surface area contributed by atoms with E-state index in [-0.39, 0.29) is 5.75 Å². The number of rotatable bonds is 2. The molecule has 0 aliphatic rings. The van der Waals surface area contributed by atoms with Gasteiger partial charge in [-0.2, -0.15) is 0 Å². The van der Waals surface area contributed by atoms with Crippen molar-refractivity contribution < 1.29 is 14.9 Å². The van der Waals surface area contributed by atoms with Crippen molar-refractivity contribution in [2.75, 3.05) is 7.11 Å². The lowest BCUT2D eigenvalue weighted by atomic mass is 10.1. The molecule has 2 N–H and O–H groups in total. The third-order valence-corrected chi connectivity index (χ3v) is 2.00. The first-order valence-electron chi connectivity index (χ1n) is 4.11. The highest BCUT2D eigenvalue weighted by Crippen LogP contribution is 2.31. The number of aromatic hydroxyl groups is 1. The summed E-state index contributed by atoms with van der Waals surface area (Å²) in [6.07, 6.45) is -0.638. The van der Waals surface area contributed by atoms with Gasteiger partial charge in [-0.05, 0) is 31.5 Å². The van der Waals surface area contributed by atoms with Gasteiger partial charge in [0.25, 0.3) is 0 Å². The lowest BCUT2D eigenvalue weighted by Gasteiger charge is -2.12. The van der Waals surface area contributed by atoms with Gasteiger partial charge in [0.15, 0.2) is 0 Å². The van der Waals surface area contributed by atoms with Crippen LogP contribution in [0.2, 0.25) is 0 Å². The van der Waals surface area contributed by atoms with Crippen molar-refractivity contribution in [3.05, 3.63) is 23.3 Å². The number of phenols is 1. The molecule has 3 heteroatoms. The fourth-order valence-electron chi connectivity index (χ4n) is 1.19. The molecule has 0 amide bonds. The van der Waals surface area contributed by atoms with Gasteiger partial charge in [-0.3, -0.25) is 0 Å². The molecule has 1 aromatic carbocycles. The molecule has 72 valence electrons. The number of phenolic OH excluding ortho intramolecular Hbond substituents is 1. The van der Waals surface area contributed by atoms with Crippen molar-refractivity contribution in [1.29, 1.82) is 0 Å². The average Bonchev–Trinajstić information content (AvgIpc) is 2.08. The molecular weight excluding hydrogens is 168 g/mol. The summed E-state index contributed by atoms with van der Waals surface area (Å²) in [4.78, 5) is 0. The second-order valence-electron chi connectivity index (χ2n) is 3.06. The second-order valence-corrected chi connectivity index (χ2v) is 3.06. The Kier molecular flexibility index (Phi) is 2.78. The summed E-state index contributed by atoms with van der Waals surface area (Å²) < 4.78 is 5.07. The van der Waals surface area contributed by atoms with Crippen molar-refractivity contribution in [3.8, 4) is 11.5 Å². The fourth-order valence-corrected chi connectivity index (χ4v) is 1.19. The normalized spacial score (nSPS) is 12.6. The molecule has 0 aromatic heterocycles. The number of aryl methyl sites for hydroxylation is 1. The largest absolute Gasteiger partial charge is 0.508 e. The van der Waals surface area contributed by atoms with Crippen LogP contribution in [0.3, 0.4) is 0 Å². The Morgan fingerprint density at radius 2 is 2.00 bits per heavy atom. The first kappa shape index (κ1) is 9.86. The van der Waals surface area contributed by atoms with Gasteiger partial charge in [-0.25, -0.2) is 0 Å². The van der Waals surface area contributed by atoms with Crippen LogP contribution in [0.5, 0.6) is 11.5 Å². The standard InChI is InChI=1S/C10H14O3/c1-6-4-10(13-3)8(7(2)11)5-9(6)12/h4-5,7,11-12H,1-3H3. The molecule has 0 spiro atoms. The molecule has 0 saturated carbocycles. The minimum atomic E-state index is -0.638. The summed E-state index contributed by atoms with van der Waals surface area (Å²) in [6, 6.07) is 3.23. The van der Waals surface area contributed by atoms with Crippen LogP contribution in [-0.2, 0) is 0 Å².